The Kier molecular flexibility index (Phi) is 3.94. The largest absolute Gasteiger partial charge is 0.384 e. The summed E-state index contributed by atoms with van der Waals surface area (Å²) < 4.78 is 0. The van der Waals surface area contributed by atoms with Crippen molar-refractivity contribution in [3.8, 4) is 11.1 Å². The molecule has 3 nitrogen and oxygen atoms in total. The van der Waals surface area contributed by atoms with Crippen LogP contribution in [0.4, 0.5) is 0 Å². The minimum absolute atomic E-state index is 0.0317. The molecule has 0 aliphatic heterocycles. The fourth-order valence-electron chi connectivity index (χ4n) is 2.14. The lowest BCUT2D eigenvalue weighted by Crippen LogP contribution is -2.21. The van der Waals surface area contributed by atoms with E-state index in [9.17, 15) is 4.79 Å². The van der Waals surface area contributed by atoms with E-state index in [4.69, 9.17) is 11.1 Å². The number of rotatable bonds is 3. The van der Waals surface area contributed by atoms with Crippen molar-refractivity contribution in [2.24, 2.45) is 11.1 Å². The van der Waals surface area contributed by atoms with Crippen molar-refractivity contribution in [2.45, 2.75) is 20.8 Å². The first kappa shape index (κ1) is 15.0. The molecule has 0 aliphatic rings. The molecule has 0 bridgehead atoms. The second kappa shape index (κ2) is 5.52. The van der Waals surface area contributed by atoms with Crippen LogP contribution in [0.15, 0.2) is 48.5 Å². The molecule has 0 unspecified atom stereocenters. The quantitative estimate of drug-likeness (QED) is 0.509. The second-order valence-electron chi connectivity index (χ2n) is 6.16. The third kappa shape index (κ3) is 3.37. The van der Waals surface area contributed by atoms with E-state index in [2.05, 4.69) is 0 Å². The number of Topliss-reactive ketones (excluding diaryl/α,β-unsaturated/α-hetero) is 1. The molecule has 0 amide bonds. The van der Waals surface area contributed by atoms with Crippen LogP contribution in [0.3, 0.4) is 0 Å². The Morgan fingerprint density at radius 1 is 0.952 bits per heavy atom. The van der Waals surface area contributed by atoms with Crippen molar-refractivity contribution in [3.05, 3.63) is 59.7 Å². The molecule has 0 radical (unpaired) electrons. The fraction of sp³-hybridized carbons (Fsp3) is 0.222. The van der Waals surface area contributed by atoms with Gasteiger partial charge in [0.25, 0.3) is 0 Å². The Morgan fingerprint density at radius 2 is 1.52 bits per heavy atom. The predicted octanol–water partition coefficient (Wildman–Crippen LogP) is 3.87. The van der Waals surface area contributed by atoms with Gasteiger partial charge in [-0.25, -0.2) is 0 Å². The smallest absolute Gasteiger partial charge is 0.168 e. The molecule has 0 aliphatic carbocycles. The highest BCUT2D eigenvalue weighted by atomic mass is 16.1. The van der Waals surface area contributed by atoms with Gasteiger partial charge in [0.15, 0.2) is 5.78 Å². The Balaban J connectivity index is 2.60. The number of nitrogens with one attached hydrogen (secondary N) is 1. The summed E-state index contributed by atoms with van der Waals surface area (Å²) in [6, 6.07) is 15.2. The van der Waals surface area contributed by atoms with Crippen molar-refractivity contribution >= 4 is 11.6 Å². The molecule has 0 aromatic heterocycles. The minimum atomic E-state index is -0.469. The first-order valence-corrected chi connectivity index (χ1v) is 6.89. The molecule has 0 atom stereocenters. The van der Waals surface area contributed by atoms with Crippen LogP contribution in [-0.4, -0.2) is 11.6 Å². The second-order valence-corrected chi connectivity index (χ2v) is 6.16. The summed E-state index contributed by atoms with van der Waals surface area (Å²) in [5.74, 6) is 0.0125. The predicted molar refractivity (Wildman–Crippen MR) is 86.7 cm³/mol. The molecule has 108 valence electrons. The highest BCUT2D eigenvalue weighted by molar-refractivity contribution is 6.04. The number of hydrogen-bond acceptors (Lipinski definition) is 2. The van der Waals surface area contributed by atoms with Gasteiger partial charge in [-0.05, 0) is 29.3 Å². The summed E-state index contributed by atoms with van der Waals surface area (Å²) >= 11 is 0. The van der Waals surface area contributed by atoms with E-state index in [1.54, 1.807) is 6.07 Å². The number of benzene rings is 2. The number of nitrogens with two attached hydrogens (primary N) is 1. The van der Waals surface area contributed by atoms with Crippen LogP contribution in [0.5, 0.6) is 0 Å². The highest BCUT2D eigenvalue weighted by Crippen LogP contribution is 2.27. The molecule has 2 aromatic rings. The molecule has 0 saturated carbocycles. The SMILES string of the molecule is CC(C)(C)C(=O)c1cc(C(=N)N)cc(-c2ccccc2)c1. The molecule has 2 aromatic carbocycles. The molecule has 3 N–H and O–H groups in total. The van der Waals surface area contributed by atoms with Gasteiger partial charge in [0.05, 0.1) is 0 Å². The van der Waals surface area contributed by atoms with Gasteiger partial charge >= 0.3 is 0 Å². The number of nitrogen functional groups attached to an aromatic ring is 1. The third-order valence-corrected chi connectivity index (χ3v) is 3.29. The number of carbonyl (C=O) groups is 1. The van der Waals surface area contributed by atoms with Gasteiger partial charge in [0, 0.05) is 16.5 Å². The Hall–Kier alpha value is -2.42. The van der Waals surface area contributed by atoms with Gasteiger partial charge in [0.1, 0.15) is 5.84 Å². The summed E-state index contributed by atoms with van der Waals surface area (Å²) in [5.41, 5.74) is 8.21. The normalized spacial score (nSPS) is 11.2. The van der Waals surface area contributed by atoms with Crippen molar-refractivity contribution in [2.75, 3.05) is 0 Å². The number of carbonyl (C=O) groups excluding carboxylic acids is 1. The van der Waals surface area contributed by atoms with Crippen LogP contribution < -0.4 is 5.73 Å². The zero-order chi connectivity index (χ0) is 15.6. The van der Waals surface area contributed by atoms with Crippen LogP contribution in [-0.2, 0) is 0 Å². The average Bonchev–Trinajstić information content (AvgIpc) is 2.46. The molecule has 3 heteroatoms. The van der Waals surface area contributed by atoms with Crippen molar-refractivity contribution in [3.63, 3.8) is 0 Å². The lowest BCUT2D eigenvalue weighted by Gasteiger charge is -2.18. The Bertz CT molecular complexity index is 682. The number of ketones is 1. The molecule has 0 heterocycles. The van der Waals surface area contributed by atoms with Crippen LogP contribution in [0.25, 0.3) is 11.1 Å². The maximum atomic E-state index is 12.5. The van der Waals surface area contributed by atoms with E-state index in [0.717, 1.165) is 11.1 Å². The van der Waals surface area contributed by atoms with Crippen LogP contribution in [0.1, 0.15) is 36.7 Å². The maximum Gasteiger partial charge on any atom is 0.168 e. The Morgan fingerprint density at radius 3 is 2.05 bits per heavy atom. The van der Waals surface area contributed by atoms with Gasteiger partial charge < -0.3 is 5.73 Å². The van der Waals surface area contributed by atoms with Gasteiger partial charge in [-0.1, -0.05) is 51.1 Å². The highest BCUT2D eigenvalue weighted by Gasteiger charge is 2.24. The average molecular weight is 280 g/mol. The molecule has 21 heavy (non-hydrogen) atoms. The summed E-state index contributed by atoms with van der Waals surface area (Å²) in [7, 11) is 0. The molecule has 0 saturated heterocycles. The molecular formula is C18H20N2O. The van der Waals surface area contributed by atoms with E-state index in [1.165, 1.54) is 0 Å². The van der Waals surface area contributed by atoms with Crippen molar-refractivity contribution in [1.82, 2.24) is 0 Å². The van der Waals surface area contributed by atoms with E-state index in [1.807, 2.05) is 63.2 Å². The van der Waals surface area contributed by atoms with Crippen LogP contribution in [0.2, 0.25) is 0 Å². The van der Waals surface area contributed by atoms with Crippen LogP contribution in [0, 0.1) is 10.8 Å². The first-order chi connectivity index (χ1) is 9.79. The number of amidine groups is 1. The van der Waals surface area contributed by atoms with E-state index >= 15 is 0 Å². The summed E-state index contributed by atoms with van der Waals surface area (Å²) in [5, 5.41) is 7.65. The van der Waals surface area contributed by atoms with Gasteiger partial charge in [-0.2, -0.15) is 0 Å². The molecular weight excluding hydrogens is 260 g/mol. The molecule has 0 spiro atoms. The van der Waals surface area contributed by atoms with E-state index in [-0.39, 0.29) is 11.6 Å². The summed E-state index contributed by atoms with van der Waals surface area (Å²) in [4.78, 5) is 12.5. The first-order valence-electron chi connectivity index (χ1n) is 6.89. The molecule has 0 fully saturated rings. The van der Waals surface area contributed by atoms with E-state index in [0.29, 0.717) is 11.1 Å². The fourth-order valence-corrected chi connectivity index (χ4v) is 2.14. The van der Waals surface area contributed by atoms with Gasteiger partial charge in [0.2, 0.25) is 0 Å². The zero-order valence-electron chi connectivity index (χ0n) is 12.6. The minimum Gasteiger partial charge on any atom is -0.384 e. The van der Waals surface area contributed by atoms with Gasteiger partial charge in [-0.3, -0.25) is 10.2 Å². The monoisotopic (exact) mass is 280 g/mol. The molecule has 2 rings (SSSR count). The summed E-state index contributed by atoms with van der Waals surface area (Å²) in [6.45, 7) is 5.66. The van der Waals surface area contributed by atoms with Crippen molar-refractivity contribution < 1.29 is 4.79 Å². The third-order valence-electron chi connectivity index (χ3n) is 3.29. The van der Waals surface area contributed by atoms with E-state index < -0.39 is 5.41 Å². The number of hydrogen-bond donors (Lipinski definition) is 2. The van der Waals surface area contributed by atoms with Crippen LogP contribution >= 0.6 is 0 Å². The maximum absolute atomic E-state index is 12.5. The lowest BCUT2D eigenvalue weighted by molar-refractivity contribution is 0.0858. The van der Waals surface area contributed by atoms with Gasteiger partial charge in [-0.15, -0.1) is 0 Å². The summed E-state index contributed by atoms with van der Waals surface area (Å²) in [6.07, 6.45) is 0. The van der Waals surface area contributed by atoms with Crippen molar-refractivity contribution in [1.29, 1.82) is 5.41 Å². The lowest BCUT2D eigenvalue weighted by atomic mass is 9.85. The topological polar surface area (TPSA) is 66.9 Å². The Labute approximate surface area is 125 Å². The zero-order valence-corrected chi connectivity index (χ0v) is 12.6. The standard InChI is InChI=1S/C18H20N2O/c1-18(2,3)16(21)14-9-13(10-15(11-14)17(19)20)12-7-5-4-6-8-12/h4-11H,1-3H3,(H3,19,20).